The average Bonchev–Trinajstić information content (AvgIpc) is 2.27. The van der Waals surface area contributed by atoms with E-state index in [9.17, 15) is 9.90 Å². The summed E-state index contributed by atoms with van der Waals surface area (Å²) in [7, 11) is 1.49. The van der Waals surface area contributed by atoms with Crippen LogP contribution in [0.15, 0.2) is 23.8 Å². The van der Waals surface area contributed by atoms with E-state index in [0.29, 0.717) is 11.3 Å². The Balaban J connectivity index is 3.09. The molecule has 0 aliphatic carbocycles. The van der Waals surface area contributed by atoms with Gasteiger partial charge in [-0.05, 0) is 35.3 Å². The predicted molar refractivity (Wildman–Crippen MR) is 63.5 cm³/mol. The van der Waals surface area contributed by atoms with Gasteiger partial charge in [-0.1, -0.05) is 19.9 Å². The number of phenolic OH excluding ortho intramolecular Hbond substituents is 1. The molecule has 0 fully saturated rings. The van der Waals surface area contributed by atoms with Crippen LogP contribution in [0.2, 0.25) is 0 Å². The van der Waals surface area contributed by atoms with Crippen molar-refractivity contribution in [3.8, 4) is 11.5 Å². The monoisotopic (exact) mass is 220 g/mol. The zero-order chi connectivity index (χ0) is 12.1. The van der Waals surface area contributed by atoms with Crippen molar-refractivity contribution in [3.63, 3.8) is 0 Å². The first-order chi connectivity index (χ1) is 7.58. The Morgan fingerprint density at radius 2 is 2.12 bits per heavy atom. The van der Waals surface area contributed by atoms with E-state index in [0.717, 1.165) is 11.8 Å². The summed E-state index contributed by atoms with van der Waals surface area (Å²) in [6, 6.07) is 4.98. The molecule has 86 valence electrons. The van der Waals surface area contributed by atoms with Crippen LogP contribution in [0.1, 0.15) is 19.4 Å². The van der Waals surface area contributed by atoms with Crippen LogP contribution >= 0.6 is 0 Å². The maximum Gasteiger partial charge on any atom is 0.161 e. The number of rotatable bonds is 4. The molecule has 3 nitrogen and oxygen atoms in total. The molecule has 0 aliphatic rings. The summed E-state index contributed by atoms with van der Waals surface area (Å²) in [6.07, 6.45) is 2.64. The maximum absolute atomic E-state index is 10.8. The number of aromatic hydroxyl groups is 1. The van der Waals surface area contributed by atoms with Gasteiger partial charge in [0.1, 0.15) is 6.29 Å². The van der Waals surface area contributed by atoms with Gasteiger partial charge < -0.3 is 9.84 Å². The zero-order valence-corrected chi connectivity index (χ0v) is 9.73. The summed E-state index contributed by atoms with van der Waals surface area (Å²) in [5.41, 5.74) is 1.55. The molecule has 0 heterocycles. The third-order valence-corrected chi connectivity index (χ3v) is 2.34. The number of phenols is 1. The maximum atomic E-state index is 10.8. The second-order valence-electron chi connectivity index (χ2n) is 3.85. The molecule has 0 bridgehead atoms. The van der Waals surface area contributed by atoms with Crippen LogP contribution in [0, 0.1) is 5.92 Å². The van der Waals surface area contributed by atoms with Gasteiger partial charge >= 0.3 is 0 Å². The molecule has 1 aromatic carbocycles. The lowest BCUT2D eigenvalue weighted by molar-refractivity contribution is -0.105. The molecule has 0 aromatic heterocycles. The first-order valence-electron chi connectivity index (χ1n) is 5.12. The van der Waals surface area contributed by atoms with E-state index < -0.39 is 0 Å². The Kier molecular flexibility index (Phi) is 4.11. The predicted octanol–water partition coefficient (Wildman–Crippen LogP) is 2.64. The Morgan fingerprint density at radius 3 is 2.62 bits per heavy atom. The van der Waals surface area contributed by atoms with Crippen molar-refractivity contribution in [1.29, 1.82) is 0 Å². The van der Waals surface area contributed by atoms with Crippen LogP contribution in [-0.4, -0.2) is 18.5 Å². The van der Waals surface area contributed by atoms with E-state index >= 15 is 0 Å². The summed E-state index contributed by atoms with van der Waals surface area (Å²) < 4.78 is 4.99. The number of methoxy groups -OCH3 is 1. The molecular formula is C13H16O3. The molecule has 0 spiro atoms. The summed E-state index contributed by atoms with van der Waals surface area (Å²) >= 11 is 0. The number of hydrogen-bond acceptors (Lipinski definition) is 3. The van der Waals surface area contributed by atoms with E-state index in [1.807, 2.05) is 13.8 Å². The molecular weight excluding hydrogens is 204 g/mol. The lowest BCUT2D eigenvalue weighted by atomic mass is 10.0. The van der Waals surface area contributed by atoms with Gasteiger partial charge in [-0.15, -0.1) is 0 Å². The minimum atomic E-state index is 0.0943. The van der Waals surface area contributed by atoms with Crippen LogP contribution in [0.4, 0.5) is 0 Å². The molecule has 0 unspecified atom stereocenters. The van der Waals surface area contributed by atoms with Crippen molar-refractivity contribution in [2.75, 3.05) is 7.11 Å². The van der Waals surface area contributed by atoms with E-state index in [1.165, 1.54) is 7.11 Å². The Labute approximate surface area is 95.4 Å². The standard InChI is InChI=1S/C13H16O3/c1-9(2)11(8-14)6-10-4-5-12(15)13(7-10)16-3/h4-9,15H,1-3H3. The quantitative estimate of drug-likeness (QED) is 0.626. The SMILES string of the molecule is COc1cc(C=C(C=O)C(C)C)ccc1O. The number of carbonyl (C=O) groups excluding carboxylic acids is 1. The molecule has 1 rings (SSSR count). The Bertz CT molecular complexity index is 406. The van der Waals surface area contributed by atoms with Crippen molar-refractivity contribution in [2.45, 2.75) is 13.8 Å². The molecule has 0 atom stereocenters. The molecule has 0 amide bonds. The average molecular weight is 220 g/mol. The van der Waals surface area contributed by atoms with Gasteiger partial charge in [0, 0.05) is 0 Å². The minimum Gasteiger partial charge on any atom is -0.504 e. The van der Waals surface area contributed by atoms with E-state index in [2.05, 4.69) is 0 Å². The van der Waals surface area contributed by atoms with Gasteiger partial charge in [0.15, 0.2) is 11.5 Å². The van der Waals surface area contributed by atoms with Crippen molar-refractivity contribution in [3.05, 3.63) is 29.3 Å². The van der Waals surface area contributed by atoms with Gasteiger partial charge in [-0.3, -0.25) is 4.79 Å². The number of carbonyl (C=O) groups is 1. The summed E-state index contributed by atoms with van der Waals surface area (Å²) in [5.74, 6) is 0.678. The highest BCUT2D eigenvalue weighted by Crippen LogP contribution is 2.27. The van der Waals surface area contributed by atoms with Crippen LogP contribution in [-0.2, 0) is 4.79 Å². The fourth-order valence-electron chi connectivity index (χ4n) is 1.31. The zero-order valence-electron chi connectivity index (χ0n) is 9.73. The van der Waals surface area contributed by atoms with E-state index in [1.54, 1.807) is 24.3 Å². The van der Waals surface area contributed by atoms with Crippen LogP contribution in [0.25, 0.3) is 6.08 Å². The molecule has 0 saturated heterocycles. The fourth-order valence-corrected chi connectivity index (χ4v) is 1.31. The van der Waals surface area contributed by atoms with Crippen molar-refractivity contribution >= 4 is 12.4 Å². The lowest BCUT2D eigenvalue weighted by Gasteiger charge is -2.06. The second-order valence-corrected chi connectivity index (χ2v) is 3.85. The van der Waals surface area contributed by atoms with Crippen LogP contribution < -0.4 is 4.74 Å². The van der Waals surface area contributed by atoms with Crippen molar-refractivity contribution in [1.82, 2.24) is 0 Å². The van der Waals surface area contributed by atoms with E-state index in [-0.39, 0.29) is 11.7 Å². The minimum absolute atomic E-state index is 0.0943. The second kappa shape index (κ2) is 5.35. The number of allylic oxidation sites excluding steroid dienone is 1. The number of aldehydes is 1. The van der Waals surface area contributed by atoms with Gasteiger partial charge in [0.05, 0.1) is 7.11 Å². The summed E-state index contributed by atoms with van der Waals surface area (Å²) in [4.78, 5) is 10.8. The third kappa shape index (κ3) is 2.86. The van der Waals surface area contributed by atoms with Gasteiger partial charge in [0.25, 0.3) is 0 Å². The molecule has 1 N–H and O–H groups in total. The lowest BCUT2D eigenvalue weighted by Crippen LogP contribution is -1.95. The number of benzene rings is 1. The Hall–Kier alpha value is -1.77. The first kappa shape index (κ1) is 12.3. The molecule has 0 radical (unpaired) electrons. The third-order valence-electron chi connectivity index (χ3n) is 2.34. The highest BCUT2D eigenvalue weighted by atomic mass is 16.5. The molecule has 0 aliphatic heterocycles. The molecule has 1 aromatic rings. The van der Waals surface area contributed by atoms with Crippen LogP contribution in [0.3, 0.4) is 0 Å². The topological polar surface area (TPSA) is 46.5 Å². The van der Waals surface area contributed by atoms with Crippen molar-refractivity contribution < 1.29 is 14.6 Å². The summed E-state index contributed by atoms with van der Waals surface area (Å²) in [6.45, 7) is 3.91. The number of ether oxygens (including phenoxy) is 1. The normalized spacial score (nSPS) is 11.6. The highest BCUT2D eigenvalue weighted by Gasteiger charge is 2.04. The van der Waals surface area contributed by atoms with Gasteiger partial charge in [-0.2, -0.15) is 0 Å². The fraction of sp³-hybridized carbons (Fsp3) is 0.308. The largest absolute Gasteiger partial charge is 0.504 e. The molecule has 3 heteroatoms. The highest BCUT2D eigenvalue weighted by molar-refractivity contribution is 5.82. The summed E-state index contributed by atoms with van der Waals surface area (Å²) in [5, 5.41) is 9.42. The molecule has 0 saturated carbocycles. The first-order valence-corrected chi connectivity index (χ1v) is 5.12. The Morgan fingerprint density at radius 1 is 1.44 bits per heavy atom. The van der Waals surface area contributed by atoms with Crippen molar-refractivity contribution in [2.24, 2.45) is 5.92 Å². The van der Waals surface area contributed by atoms with Gasteiger partial charge in [-0.25, -0.2) is 0 Å². The van der Waals surface area contributed by atoms with Crippen LogP contribution in [0.5, 0.6) is 11.5 Å². The van der Waals surface area contributed by atoms with E-state index in [4.69, 9.17) is 4.74 Å². The molecule has 16 heavy (non-hydrogen) atoms. The smallest absolute Gasteiger partial charge is 0.161 e. The van der Waals surface area contributed by atoms with Gasteiger partial charge in [0.2, 0.25) is 0 Å². The number of hydrogen-bond donors (Lipinski definition) is 1.